The van der Waals surface area contributed by atoms with Crippen LogP contribution in [0.3, 0.4) is 0 Å². The molecule has 0 bridgehead atoms. The highest BCUT2D eigenvalue weighted by Gasteiger charge is 2.61. The van der Waals surface area contributed by atoms with Gasteiger partial charge in [0.25, 0.3) is 0 Å². The quantitative estimate of drug-likeness (QED) is 0.311. The maximum Gasteiger partial charge on any atom is 0.408 e. The van der Waals surface area contributed by atoms with Crippen LogP contribution < -0.4 is 20.1 Å². The van der Waals surface area contributed by atoms with Crippen LogP contribution in [0.1, 0.15) is 71.3 Å². The summed E-state index contributed by atoms with van der Waals surface area (Å²) in [6.07, 6.45) is 9.68. The molecule has 14 nitrogen and oxygen atoms in total. The first-order valence-corrected chi connectivity index (χ1v) is 17.5. The van der Waals surface area contributed by atoms with E-state index in [9.17, 15) is 24.3 Å². The molecule has 6 rings (SSSR count). The van der Waals surface area contributed by atoms with Crippen molar-refractivity contribution in [1.82, 2.24) is 30.3 Å². The fraction of sp³-hybridized carbons (Fsp3) is 0.514. The first-order chi connectivity index (χ1) is 24.3. The molecular formula is C37H46N6O8. The van der Waals surface area contributed by atoms with Gasteiger partial charge in [-0.3, -0.25) is 9.59 Å². The third-order valence-electron chi connectivity index (χ3n) is 9.52. The lowest BCUT2D eigenvalue weighted by Gasteiger charge is -2.30. The standard InChI is InChI=1S/C37H46N6O8/c1-22-19-38-43(20-22)31-17-30(26-14-13-24(49-5)15-28(26)39-31)50-25-16-29-32(44)41-37(34(46)47)18-23(37)11-9-7-6-8-10-12-27(33(45)42(29)21-25)40-35(48)51-36(2,3)4/h9,11,13-15,17,19-20,23,25,27,29H,6-8,10,12,16,18,21H2,1-5H3,(H,40,48)(H,41,44)(H,46,47)/b11-9-/t23?,25-,27+,29+,37-/m1/s1. The number of aryl methyl sites for hydroxylation is 1. The van der Waals surface area contributed by atoms with Crippen LogP contribution in [0.4, 0.5) is 4.79 Å². The highest BCUT2D eigenvalue weighted by molar-refractivity contribution is 5.96. The number of carbonyl (C=O) groups excluding carboxylic acids is 3. The number of amides is 3. The number of allylic oxidation sites excluding steroid dienone is 1. The Kier molecular flexibility index (Phi) is 9.96. The third-order valence-corrected chi connectivity index (χ3v) is 9.52. The fourth-order valence-corrected chi connectivity index (χ4v) is 6.82. The van der Waals surface area contributed by atoms with Crippen LogP contribution in [-0.4, -0.2) is 91.6 Å². The lowest BCUT2D eigenvalue weighted by atomic mass is 10.0. The molecule has 51 heavy (non-hydrogen) atoms. The number of ether oxygens (including phenoxy) is 3. The Bertz CT molecular complexity index is 1850. The molecule has 0 spiro atoms. The maximum atomic E-state index is 14.4. The van der Waals surface area contributed by atoms with Gasteiger partial charge in [-0.2, -0.15) is 5.10 Å². The Morgan fingerprint density at radius 1 is 1.14 bits per heavy atom. The molecule has 1 unspecified atom stereocenters. The summed E-state index contributed by atoms with van der Waals surface area (Å²) in [6.45, 7) is 7.15. The minimum atomic E-state index is -1.45. The van der Waals surface area contributed by atoms with Crippen LogP contribution >= 0.6 is 0 Å². The summed E-state index contributed by atoms with van der Waals surface area (Å²) in [7, 11) is 1.57. The van der Waals surface area contributed by atoms with E-state index in [1.165, 1.54) is 4.90 Å². The van der Waals surface area contributed by atoms with E-state index >= 15 is 0 Å². The zero-order chi connectivity index (χ0) is 36.5. The zero-order valence-corrected chi connectivity index (χ0v) is 29.7. The molecule has 2 fully saturated rings. The van der Waals surface area contributed by atoms with Gasteiger partial charge in [0.05, 0.1) is 25.4 Å². The minimum absolute atomic E-state index is 0.0169. The summed E-state index contributed by atoms with van der Waals surface area (Å²) in [4.78, 5) is 60.1. The van der Waals surface area contributed by atoms with E-state index < -0.39 is 53.2 Å². The number of rotatable bonds is 6. The molecule has 272 valence electrons. The Balaban J connectivity index is 1.34. The van der Waals surface area contributed by atoms with Crippen molar-refractivity contribution < 1.29 is 38.5 Å². The molecule has 1 aliphatic carbocycles. The number of carboxylic acids is 1. The van der Waals surface area contributed by atoms with Crippen LogP contribution in [0.25, 0.3) is 16.7 Å². The van der Waals surface area contributed by atoms with E-state index in [1.807, 2.05) is 31.3 Å². The van der Waals surface area contributed by atoms with Gasteiger partial charge < -0.3 is 34.9 Å². The lowest BCUT2D eigenvalue weighted by Crippen LogP contribution is -2.56. The average Bonchev–Trinajstić information content (AvgIpc) is 3.34. The molecule has 3 aliphatic rings. The maximum absolute atomic E-state index is 14.4. The van der Waals surface area contributed by atoms with Crippen molar-refractivity contribution in [3.8, 4) is 17.3 Å². The number of hydrogen-bond donors (Lipinski definition) is 3. The normalized spacial score (nSPS) is 26.2. The van der Waals surface area contributed by atoms with Crippen molar-refractivity contribution in [2.45, 2.75) is 102 Å². The number of methoxy groups -OCH3 is 1. The molecule has 3 amide bonds. The van der Waals surface area contributed by atoms with Gasteiger partial charge >= 0.3 is 12.1 Å². The van der Waals surface area contributed by atoms with Gasteiger partial charge in [-0.25, -0.2) is 19.3 Å². The fourth-order valence-electron chi connectivity index (χ4n) is 6.82. The number of nitrogens with zero attached hydrogens (tertiary/aromatic N) is 4. The number of aliphatic carboxylic acids is 1. The number of carbonyl (C=O) groups is 4. The number of carboxylic acid groups (broad SMARTS) is 1. The average molecular weight is 703 g/mol. The lowest BCUT2D eigenvalue weighted by molar-refractivity contribution is -0.145. The third kappa shape index (κ3) is 7.94. The second kappa shape index (κ2) is 14.2. The van der Waals surface area contributed by atoms with Crippen molar-refractivity contribution in [3.63, 3.8) is 0 Å². The van der Waals surface area contributed by atoms with Gasteiger partial charge in [0.2, 0.25) is 11.8 Å². The second-order valence-electron chi connectivity index (χ2n) is 14.6. The summed E-state index contributed by atoms with van der Waals surface area (Å²) in [6, 6.07) is 5.14. The molecule has 14 heteroatoms. The molecule has 1 saturated heterocycles. The molecule has 4 heterocycles. The van der Waals surface area contributed by atoms with Gasteiger partial charge in [-0.1, -0.05) is 25.0 Å². The molecular weight excluding hydrogens is 656 g/mol. The van der Waals surface area contributed by atoms with Gasteiger partial charge in [0, 0.05) is 36.1 Å². The van der Waals surface area contributed by atoms with Gasteiger partial charge in [0.15, 0.2) is 5.82 Å². The molecule has 5 atom stereocenters. The smallest absolute Gasteiger partial charge is 0.408 e. The SMILES string of the molecule is COc1ccc2c(O[C@@H]3C[C@H]4C(=O)N[C@]5(C(=O)O)CC5/C=C\CCCCC[C@H](NC(=O)OC(C)(C)C)C(=O)N4C3)cc(-n3cc(C)cn3)nc2c1. The Morgan fingerprint density at radius 3 is 2.65 bits per heavy atom. The van der Waals surface area contributed by atoms with Gasteiger partial charge in [-0.15, -0.1) is 0 Å². The van der Waals surface area contributed by atoms with Gasteiger partial charge in [0.1, 0.15) is 40.8 Å². The van der Waals surface area contributed by atoms with Crippen LogP contribution in [0.15, 0.2) is 48.8 Å². The van der Waals surface area contributed by atoms with E-state index in [2.05, 4.69) is 15.7 Å². The van der Waals surface area contributed by atoms with E-state index in [0.717, 1.165) is 24.8 Å². The molecule has 3 N–H and O–H groups in total. The summed E-state index contributed by atoms with van der Waals surface area (Å²) in [5, 5.41) is 20.8. The van der Waals surface area contributed by atoms with Crippen LogP contribution in [0.2, 0.25) is 0 Å². The molecule has 3 aromatic rings. The number of nitrogens with one attached hydrogen (secondary N) is 2. The first-order valence-electron chi connectivity index (χ1n) is 17.5. The highest BCUT2D eigenvalue weighted by atomic mass is 16.6. The Labute approximate surface area is 296 Å². The number of benzene rings is 1. The predicted molar refractivity (Wildman–Crippen MR) is 187 cm³/mol. The highest BCUT2D eigenvalue weighted by Crippen LogP contribution is 2.45. The summed E-state index contributed by atoms with van der Waals surface area (Å²) in [5.74, 6) is -0.962. The largest absolute Gasteiger partial charge is 0.497 e. The monoisotopic (exact) mass is 702 g/mol. The number of fused-ring (bicyclic) bond motifs is 3. The van der Waals surface area contributed by atoms with Crippen LogP contribution in [0.5, 0.6) is 11.5 Å². The minimum Gasteiger partial charge on any atom is -0.497 e. The summed E-state index contributed by atoms with van der Waals surface area (Å²) >= 11 is 0. The van der Waals surface area contributed by atoms with Crippen molar-refractivity contribution in [3.05, 3.63) is 54.4 Å². The van der Waals surface area contributed by atoms with E-state index in [0.29, 0.717) is 41.1 Å². The van der Waals surface area contributed by atoms with Crippen molar-refractivity contribution in [2.24, 2.45) is 5.92 Å². The van der Waals surface area contributed by atoms with E-state index in [4.69, 9.17) is 19.2 Å². The number of hydrogen-bond acceptors (Lipinski definition) is 9. The predicted octanol–water partition coefficient (Wildman–Crippen LogP) is 4.46. The van der Waals surface area contributed by atoms with Gasteiger partial charge in [-0.05, 0) is 71.1 Å². The van der Waals surface area contributed by atoms with Crippen molar-refractivity contribution in [1.29, 1.82) is 0 Å². The van der Waals surface area contributed by atoms with Crippen molar-refractivity contribution >= 4 is 34.8 Å². The van der Waals surface area contributed by atoms with Crippen LogP contribution in [0, 0.1) is 12.8 Å². The molecule has 1 aromatic carbocycles. The first kappa shape index (κ1) is 35.7. The Hall–Kier alpha value is -5.14. The summed E-state index contributed by atoms with van der Waals surface area (Å²) in [5.41, 5.74) is -0.704. The number of aromatic nitrogens is 3. The van der Waals surface area contributed by atoms with E-state index in [-0.39, 0.29) is 25.3 Å². The Morgan fingerprint density at radius 2 is 1.94 bits per heavy atom. The van der Waals surface area contributed by atoms with E-state index in [1.54, 1.807) is 57.0 Å². The number of alkyl carbamates (subject to hydrolysis) is 1. The molecule has 0 radical (unpaired) electrons. The molecule has 2 aliphatic heterocycles. The molecule has 1 saturated carbocycles. The van der Waals surface area contributed by atoms with Crippen LogP contribution in [-0.2, 0) is 19.1 Å². The zero-order valence-electron chi connectivity index (χ0n) is 29.7. The second-order valence-corrected chi connectivity index (χ2v) is 14.6. The molecule has 2 aromatic heterocycles. The number of pyridine rings is 1. The van der Waals surface area contributed by atoms with Crippen molar-refractivity contribution in [2.75, 3.05) is 13.7 Å². The topological polar surface area (TPSA) is 174 Å². The summed E-state index contributed by atoms with van der Waals surface area (Å²) < 4.78 is 19.2.